The number of aliphatic hydroxyl groups is 1. The molecule has 1 fully saturated rings. The van der Waals surface area contributed by atoms with Gasteiger partial charge in [0.2, 0.25) is 0 Å². The van der Waals surface area contributed by atoms with Gasteiger partial charge in [-0.25, -0.2) is 0 Å². The number of ether oxygens (including phenoxy) is 1. The lowest BCUT2D eigenvalue weighted by molar-refractivity contribution is 0.112. The Morgan fingerprint density at radius 2 is 2.00 bits per heavy atom. The van der Waals surface area contributed by atoms with Crippen molar-refractivity contribution in [2.24, 2.45) is 0 Å². The van der Waals surface area contributed by atoms with E-state index in [1.807, 2.05) is 13.8 Å². The molecule has 2 aromatic rings. The molecule has 1 aliphatic carbocycles. The normalized spacial score (nSPS) is 17.1. The molecule has 2 aliphatic rings. The third kappa shape index (κ3) is 5.30. The number of carbonyl (C=O) groups excluding carboxylic acids is 1. The minimum atomic E-state index is 0.395. The zero-order valence-corrected chi connectivity index (χ0v) is 16.4. The summed E-state index contributed by atoms with van der Waals surface area (Å²) in [5.41, 5.74) is 4.12. The summed E-state index contributed by atoms with van der Waals surface area (Å²) in [5, 5.41) is 10.4. The van der Waals surface area contributed by atoms with E-state index in [9.17, 15) is 4.79 Å². The van der Waals surface area contributed by atoms with E-state index in [0.29, 0.717) is 11.5 Å². The molecule has 0 unspecified atom stereocenters. The molecular weight excluding hydrogens is 340 g/mol. The van der Waals surface area contributed by atoms with E-state index in [4.69, 9.17) is 9.84 Å². The predicted molar refractivity (Wildman–Crippen MR) is 109 cm³/mol. The fourth-order valence-corrected chi connectivity index (χ4v) is 3.25. The molecule has 2 N–H and O–H groups in total. The maximum absolute atomic E-state index is 11.1. The maximum Gasteiger partial charge on any atom is 0.152 e. The average molecular weight is 370 g/mol. The van der Waals surface area contributed by atoms with Gasteiger partial charge < -0.3 is 15.2 Å². The molecule has 5 nitrogen and oxygen atoms in total. The van der Waals surface area contributed by atoms with Crippen molar-refractivity contribution in [3.8, 4) is 5.75 Å². The van der Waals surface area contributed by atoms with Gasteiger partial charge in [0.15, 0.2) is 6.29 Å². The summed E-state index contributed by atoms with van der Waals surface area (Å²) in [6.07, 6.45) is 7.81. The van der Waals surface area contributed by atoms with Gasteiger partial charge in [-0.3, -0.25) is 9.78 Å². The third-order valence-electron chi connectivity index (χ3n) is 4.77. The highest BCUT2D eigenvalue weighted by Crippen LogP contribution is 2.43. The van der Waals surface area contributed by atoms with Gasteiger partial charge in [-0.05, 0) is 48.4 Å². The molecule has 27 heavy (non-hydrogen) atoms. The molecule has 1 aliphatic heterocycles. The molecule has 5 heteroatoms. The van der Waals surface area contributed by atoms with Crippen LogP contribution in [0.5, 0.6) is 5.75 Å². The highest BCUT2D eigenvalue weighted by molar-refractivity contribution is 5.83. The highest BCUT2D eigenvalue weighted by atomic mass is 16.5. The van der Waals surface area contributed by atoms with Crippen molar-refractivity contribution in [2.75, 3.05) is 25.6 Å². The first-order valence-corrected chi connectivity index (χ1v) is 9.69. The highest BCUT2D eigenvalue weighted by Gasteiger charge is 2.27. The summed E-state index contributed by atoms with van der Waals surface area (Å²) < 4.78 is 5.87. The first-order chi connectivity index (χ1) is 13.3. The number of nitrogens with zero attached hydrogens (tertiary/aromatic N) is 1. The zero-order valence-electron chi connectivity index (χ0n) is 16.4. The molecule has 0 radical (unpaired) electrons. The van der Waals surface area contributed by atoms with Gasteiger partial charge in [0.05, 0.1) is 18.5 Å². The van der Waals surface area contributed by atoms with E-state index in [2.05, 4.69) is 28.5 Å². The van der Waals surface area contributed by atoms with Crippen LogP contribution in [-0.4, -0.2) is 36.6 Å². The van der Waals surface area contributed by atoms with E-state index in [-0.39, 0.29) is 0 Å². The van der Waals surface area contributed by atoms with E-state index in [0.717, 1.165) is 50.3 Å². The van der Waals surface area contributed by atoms with E-state index < -0.39 is 0 Å². The van der Waals surface area contributed by atoms with E-state index >= 15 is 0 Å². The van der Waals surface area contributed by atoms with Crippen LogP contribution in [0.4, 0.5) is 5.69 Å². The van der Waals surface area contributed by atoms with Crippen molar-refractivity contribution < 1.29 is 14.6 Å². The van der Waals surface area contributed by atoms with Crippen LogP contribution in [-0.2, 0) is 0 Å². The second kappa shape index (κ2) is 10.7. The molecule has 0 bridgehead atoms. The Morgan fingerprint density at radius 3 is 2.70 bits per heavy atom. The number of hydrogen-bond acceptors (Lipinski definition) is 5. The lowest BCUT2D eigenvalue weighted by Gasteiger charge is -2.27. The average Bonchev–Trinajstić information content (AvgIpc) is 3.60. The monoisotopic (exact) mass is 370 g/mol. The number of anilines is 1. The number of aldehydes is 1. The van der Waals surface area contributed by atoms with Crippen LogP contribution in [0.1, 0.15) is 66.4 Å². The number of aromatic nitrogens is 1. The van der Waals surface area contributed by atoms with Gasteiger partial charge in [-0.15, -0.1) is 0 Å². The van der Waals surface area contributed by atoms with Crippen LogP contribution >= 0.6 is 0 Å². The van der Waals surface area contributed by atoms with Gasteiger partial charge in [0.1, 0.15) is 5.75 Å². The van der Waals surface area contributed by atoms with Crippen LogP contribution < -0.4 is 10.1 Å². The topological polar surface area (TPSA) is 71.5 Å². The summed E-state index contributed by atoms with van der Waals surface area (Å²) >= 11 is 0. The Morgan fingerprint density at radius 1 is 1.22 bits per heavy atom. The smallest absolute Gasteiger partial charge is 0.152 e. The number of rotatable bonds is 5. The summed E-state index contributed by atoms with van der Waals surface area (Å²) in [6, 6.07) is 8.42. The third-order valence-corrected chi connectivity index (χ3v) is 4.77. The maximum atomic E-state index is 11.1. The molecule has 4 rings (SSSR count). The van der Waals surface area contributed by atoms with Crippen molar-refractivity contribution in [3.05, 3.63) is 53.3 Å². The Labute approximate surface area is 161 Å². The number of pyridine rings is 1. The van der Waals surface area contributed by atoms with Crippen molar-refractivity contribution in [3.63, 3.8) is 0 Å². The number of nitrogens with one attached hydrogen (secondary N) is 1. The Kier molecular flexibility index (Phi) is 8.27. The number of aliphatic hydroxyl groups excluding tert-OH is 1. The number of hydrogen-bond donors (Lipinski definition) is 2. The number of carbonyl (C=O) groups is 1. The quantitative estimate of drug-likeness (QED) is 0.764. The molecule has 0 spiro atoms. The molecule has 0 saturated heterocycles. The summed E-state index contributed by atoms with van der Waals surface area (Å²) in [6.45, 7) is 5.53. The van der Waals surface area contributed by atoms with Crippen molar-refractivity contribution in [1.29, 1.82) is 0 Å². The second-order valence-electron chi connectivity index (χ2n) is 6.37. The van der Waals surface area contributed by atoms with Gasteiger partial charge in [0.25, 0.3) is 0 Å². The van der Waals surface area contributed by atoms with Crippen LogP contribution in [0, 0.1) is 0 Å². The van der Waals surface area contributed by atoms with Crippen molar-refractivity contribution in [2.45, 2.75) is 44.9 Å². The molecule has 2 heterocycles. The Hall–Kier alpha value is -2.40. The molecular formula is C22H30N2O3. The first kappa shape index (κ1) is 20.9. The van der Waals surface area contributed by atoms with Gasteiger partial charge in [-0.1, -0.05) is 26.0 Å². The Balaban J connectivity index is 0.000000614. The second-order valence-corrected chi connectivity index (χ2v) is 6.37. The van der Waals surface area contributed by atoms with Crippen LogP contribution in [0.2, 0.25) is 0 Å². The van der Waals surface area contributed by atoms with Crippen LogP contribution in [0.3, 0.4) is 0 Å². The number of benzene rings is 1. The molecule has 1 aromatic carbocycles. The van der Waals surface area contributed by atoms with Crippen LogP contribution in [0.15, 0.2) is 36.7 Å². The number of fused-ring (bicyclic) bond motifs is 1. The molecule has 1 aromatic heterocycles. The molecule has 1 atom stereocenters. The zero-order chi connectivity index (χ0) is 19.6. The lowest BCUT2D eigenvalue weighted by Crippen LogP contribution is -2.21. The van der Waals surface area contributed by atoms with Gasteiger partial charge >= 0.3 is 0 Å². The van der Waals surface area contributed by atoms with Crippen LogP contribution in [0.25, 0.3) is 0 Å². The van der Waals surface area contributed by atoms with E-state index in [1.165, 1.54) is 24.0 Å². The SMILES string of the molecule is CC.CO.O=Cc1ccncc1NC[C@H]1CCOc2cc(C3CC3)ccc21. The van der Waals surface area contributed by atoms with E-state index in [1.54, 1.807) is 18.5 Å². The summed E-state index contributed by atoms with van der Waals surface area (Å²) in [4.78, 5) is 15.2. The minimum absolute atomic E-state index is 0.395. The lowest BCUT2D eigenvalue weighted by atomic mass is 9.91. The summed E-state index contributed by atoms with van der Waals surface area (Å²) in [7, 11) is 1.00. The molecule has 0 amide bonds. The summed E-state index contributed by atoms with van der Waals surface area (Å²) in [5.74, 6) is 2.17. The Bertz CT molecular complexity index is 729. The standard InChI is InChI=1S/C19H20N2O2.C2H6.CH4O/c22-12-16-5-7-20-11-18(16)21-10-15-6-8-23-19-9-14(13-1-2-13)3-4-17(15)19;2*1-2/h3-5,7,9,11-13,15,21H,1-2,6,8,10H2;1-2H3;2H,1H3/t15-;;/m1../s1. The van der Waals surface area contributed by atoms with Crippen molar-refractivity contribution in [1.82, 2.24) is 4.98 Å². The largest absolute Gasteiger partial charge is 0.493 e. The molecule has 146 valence electrons. The van der Waals surface area contributed by atoms with Gasteiger partial charge in [-0.2, -0.15) is 0 Å². The first-order valence-electron chi connectivity index (χ1n) is 9.69. The fraction of sp³-hybridized carbons (Fsp3) is 0.455. The predicted octanol–water partition coefficient (Wildman–Crippen LogP) is 4.38. The molecule has 1 saturated carbocycles. The minimum Gasteiger partial charge on any atom is -0.493 e. The van der Waals surface area contributed by atoms with Crippen molar-refractivity contribution >= 4 is 12.0 Å². The van der Waals surface area contributed by atoms with Gasteiger partial charge in [0, 0.05) is 31.3 Å². The fourth-order valence-electron chi connectivity index (χ4n) is 3.25.